The van der Waals surface area contributed by atoms with E-state index in [1.54, 1.807) is 0 Å². The van der Waals surface area contributed by atoms with E-state index in [4.69, 9.17) is 17.3 Å². The second kappa shape index (κ2) is 7.27. The Kier molecular flexibility index (Phi) is 6.33. The number of benzene rings is 1. The van der Waals surface area contributed by atoms with E-state index in [1.165, 1.54) is 5.75 Å². The molecule has 2 atom stereocenters. The fourth-order valence-corrected chi connectivity index (χ4v) is 2.71. The van der Waals surface area contributed by atoms with Crippen LogP contribution in [0.3, 0.4) is 0 Å². The van der Waals surface area contributed by atoms with Gasteiger partial charge in [-0.3, -0.25) is 0 Å². The van der Waals surface area contributed by atoms with Gasteiger partial charge < -0.3 is 10.6 Å². The van der Waals surface area contributed by atoms with E-state index in [9.17, 15) is 0 Å². The van der Waals surface area contributed by atoms with Gasteiger partial charge in [0.25, 0.3) is 0 Å². The Hall–Kier alpha value is -0.380. The minimum Gasteiger partial charge on any atom is -0.371 e. The highest BCUT2D eigenvalue weighted by molar-refractivity contribution is 7.98. The first-order valence-corrected chi connectivity index (χ1v) is 8.01. The highest BCUT2D eigenvalue weighted by Gasteiger charge is 2.13. The molecule has 1 unspecified atom stereocenters. The summed E-state index contributed by atoms with van der Waals surface area (Å²) >= 11 is 8.22. The molecule has 2 nitrogen and oxygen atoms in total. The third kappa shape index (κ3) is 4.08. The van der Waals surface area contributed by atoms with Crippen LogP contribution in [0.25, 0.3) is 0 Å². The maximum absolute atomic E-state index is 6.34. The molecule has 0 aliphatic carbocycles. The molecular formula is C14H23ClN2S. The summed E-state index contributed by atoms with van der Waals surface area (Å²) in [5.41, 5.74) is 8.02. The van der Waals surface area contributed by atoms with Crippen molar-refractivity contribution in [2.24, 2.45) is 5.73 Å². The number of anilines is 1. The number of thioether (sulfide) groups is 1. The van der Waals surface area contributed by atoms with Gasteiger partial charge in [0.05, 0.1) is 10.7 Å². The average Bonchev–Trinajstić information content (AvgIpc) is 2.34. The summed E-state index contributed by atoms with van der Waals surface area (Å²) in [6.45, 7) is 4.20. The zero-order chi connectivity index (χ0) is 13.7. The molecule has 0 aliphatic rings. The number of halogens is 1. The first-order valence-electron chi connectivity index (χ1n) is 6.24. The van der Waals surface area contributed by atoms with Crippen LogP contribution in [0, 0.1) is 0 Å². The van der Waals surface area contributed by atoms with E-state index in [0.29, 0.717) is 6.04 Å². The summed E-state index contributed by atoms with van der Waals surface area (Å²) in [4.78, 5) is 2.24. The Balaban J connectivity index is 2.82. The zero-order valence-corrected chi connectivity index (χ0v) is 13.2. The van der Waals surface area contributed by atoms with Crippen molar-refractivity contribution in [2.45, 2.75) is 32.4 Å². The number of hydrogen-bond acceptors (Lipinski definition) is 3. The fourth-order valence-electron chi connectivity index (χ4n) is 1.81. The van der Waals surface area contributed by atoms with E-state index in [2.05, 4.69) is 37.3 Å². The molecule has 4 heteroatoms. The van der Waals surface area contributed by atoms with Crippen molar-refractivity contribution < 1.29 is 0 Å². The lowest BCUT2D eigenvalue weighted by Crippen LogP contribution is -2.29. The predicted molar refractivity (Wildman–Crippen MR) is 84.9 cm³/mol. The molecule has 0 heterocycles. The largest absolute Gasteiger partial charge is 0.371 e. The van der Waals surface area contributed by atoms with Crippen LogP contribution in [0.1, 0.15) is 31.9 Å². The molecule has 1 aromatic rings. The van der Waals surface area contributed by atoms with Gasteiger partial charge in [-0.05, 0) is 50.0 Å². The number of rotatable bonds is 6. The van der Waals surface area contributed by atoms with Crippen molar-refractivity contribution in [2.75, 3.05) is 24.0 Å². The predicted octanol–water partition coefficient (Wildman–Crippen LogP) is 3.94. The maximum atomic E-state index is 6.34. The van der Waals surface area contributed by atoms with Crippen molar-refractivity contribution in [3.05, 3.63) is 28.8 Å². The first kappa shape index (κ1) is 15.7. The molecule has 0 amide bonds. The van der Waals surface area contributed by atoms with E-state index in [1.807, 2.05) is 24.8 Å². The summed E-state index contributed by atoms with van der Waals surface area (Å²) in [5.74, 6) is 1.17. The van der Waals surface area contributed by atoms with Crippen LogP contribution in [0.2, 0.25) is 5.02 Å². The number of hydrogen-bond donors (Lipinski definition) is 1. The topological polar surface area (TPSA) is 29.3 Å². The monoisotopic (exact) mass is 286 g/mol. The van der Waals surface area contributed by atoms with Gasteiger partial charge in [0.1, 0.15) is 0 Å². The van der Waals surface area contributed by atoms with Crippen LogP contribution in [-0.4, -0.2) is 25.1 Å². The van der Waals surface area contributed by atoms with Gasteiger partial charge in [-0.2, -0.15) is 11.8 Å². The van der Waals surface area contributed by atoms with Gasteiger partial charge >= 0.3 is 0 Å². The van der Waals surface area contributed by atoms with Gasteiger partial charge in [-0.25, -0.2) is 0 Å². The molecule has 0 bridgehead atoms. The molecule has 0 saturated carbocycles. The zero-order valence-electron chi connectivity index (χ0n) is 11.6. The molecule has 18 heavy (non-hydrogen) atoms. The molecule has 0 spiro atoms. The lowest BCUT2D eigenvalue weighted by atomic mass is 10.1. The molecule has 1 rings (SSSR count). The normalized spacial score (nSPS) is 14.3. The summed E-state index contributed by atoms with van der Waals surface area (Å²) in [5, 5.41) is 0.781. The van der Waals surface area contributed by atoms with Crippen LogP contribution in [0.15, 0.2) is 18.2 Å². The van der Waals surface area contributed by atoms with Gasteiger partial charge in [-0.1, -0.05) is 17.7 Å². The Morgan fingerprint density at radius 2 is 2.06 bits per heavy atom. The third-order valence-electron chi connectivity index (χ3n) is 3.28. The Labute approximate surface area is 120 Å². The average molecular weight is 287 g/mol. The van der Waals surface area contributed by atoms with Crippen molar-refractivity contribution >= 4 is 29.1 Å². The minimum absolute atomic E-state index is 0.0239. The molecule has 0 aliphatic heterocycles. The Morgan fingerprint density at radius 1 is 1.39 bits per heavy atom. The van der Waals surface area contributed by atoms with Crippen molar-refractivity contribution in [1.82, 2.24) is 0 Å². The molecule has 102 valence electrons. The number of nitrogens with two attached hydrogens (primary N) is 1. The van der Waals surface area contributed by atoms with E-state index in [-0.39, 0.29) is 6.04 Å². The molecule has 0 saturated heterocycles. The van der Waals surface area contributed by atoms with Gasteiger partial charge in [0, 0.05) is 19.1 Å². The third-order valence-corrected chi connectivity index (χ3v) is 4.23. The van der Waals surface area contributed by atoms with Crippen LogP contribution in [0.5, 0.6) is 0 Å². The lowest BCUT2D eigenvalue weighted by molar-refractivity contribution is 0.669. The van der Waals surface area contributed by atoms with Crippen LogP contribution in [-0.2, 0) is 0 Å². The minimum atomic E-state index is 0.0239. The van der Waals surface area contributed by atoms with Crippen LogP contribution < -0.4 is 10.6 Å². The second-order valence-electron chi connectivity index (χ2n) is 4.74. The summed E-state index contributed by atoms with van der Waals surface area (Å²) in [7, 11) is 2.09. The van der Waals surface area contributed by atoms with Gasteiger partial charge in [-0.15, -0.1) is 0 Å². The van der Waals surface area contributed by atoms with Gasteiger partial charge in [0.15, 0.2) is 0 Å². The molecule has 2 N–H and O–H groups in total. The standard InChI is InChI=1S/C14H23ClN2S/c1-10(7-8-18-4)17(3)14-6-5-12(11(2)16)9-13(14)15/h5-6,9-11H,7-8,16H2,1-4H3/t10?,11-/m1/s1. The van der Waals surface area contributed by atoms with Crippen molar-refractivity contribution in [1.29, 1.82) is 0 Å². The van der Waals surface area contributed by atoms with E-state index >= 15 is 0 Å². The maximum Gasteiger partial charge on any atom is 0.0642 e. The molecular weight excluding hydrogens is 264 g/mol. The first-order chi connectivity index (χ1) is 8.47. The van der Waals surface area contributed by atoms with Crippen LogP contribution in [0.4, 0.5) is 5.69 Å². The molecule has 0 aromatic heterocycles. The van der Waals surface area contributed by atoms with Crippen molar-refractivity contribution in [3.63, 3.8) is 0 Å². The fraction of sp³-hybridized carbons (Fsp3) is 0.571. The van der Waals surface area contributed by atoms with E-state index in [0.717, 1.165) is 22.7 Å². The van der Waals surface area contributed by atoms with Gasteiger partial charge in [0.2, 0.25) is 0 Å². The molecule has 0 radical (unpaired) electrons. The summed E-state index contributed by atoms with van der Waals surface area (Å²) in [6.07, 6.45) is 3.29. The quantitative estimate of drug-likeness (QED) is 0.859. The Bertz CT molecular complexity index is 382. The van der Waals surface area contributed by atoms with Crippen molar-refractivity contribution in [3.8, 4) is 0 Å². The highest BCUT2D eigenvalue weighted by Crippen LogP contribution is 2.29. The molecule has 0 fully saturated rings. The van der Waals surface area contributed by atoms with E-state index < -0.39 is 0 Å². The smallest absolute Gasteiger partial charge is 0.0642 e. The number of nitrogens with zero attached hydrogens (tertiary/aromatic N) is 1. The summed E-state index contributed by atoms with van der Waals surface area (Å²) in [6, 6.07) is 6.60. The summed E-state index contributed by atoms with van der Waals surface area (Å²) < 4.78 is 0. The highest BCUT2D eigenvalue weighted by atomic mass is 35.5. The lowest BCUT2D eigenvalue weighted by Gasteiger charge is -2.28. The molecule has 1 aromatic carbocycles. The SMILES string of the molecule is CSCCC(C)N(C)c1ccc([C@@H](C)N)cc1Cl. The van der Waals surface area contributed by atoms with Crippen LogP contribution >= 0.6 is 23.4 Å². The second-order valence-corrected chi connectivity index (χ2v) is 6.13. The Morgan fingerprint density at radius 3 is 2.56 bits per heavy atom.